The molecular formula is C16H22N4O. The molecule has 0 atom stereocenters. The molecule has 4 N–H and O–H groups in total. The Balaban J connectivity index is 1.85. The van der Waals surface area contributed by atoms with Crippen LogP contribution in [0.15, 0.2) is 23.3 Å². The zero-order valence-electron chi connectivity index (χ0n) is 12.6. The lowest BCUT2D eigenvalue weighted by atomic mass is 9.75. The molecule has 0 amide bonds. The van der Waals surface area contributed by atoms with Gasteiger partial charge in [-0.1, -0.05) is 13.8 Å². The SMILES string of the molecule is CC1(C)CCC(Nc2cc3nc[nH]c(=O)c3cc2N)CC1. The fraction of sp³-hybridized carbons (Fsp3) is 0.500. The number of nitrogens with two attached hydrogens (primary N) is 1. The van der Waals surface area contributed by atoms with E-state index in [0.717, 1.165) is 18.5 Å². The van der Waals surface area contributed by atoms with Gasteiger partial charge in [0.2, 0.25) is 0 Å². The van der Waals surface area contributed by atoms with Crippen molar-refractivity contribution in [1.29, 1.82) is 0 Å². The highest BCUT2D eigenvalue weighted by Gasteiger charge is 2.26. The van der Waals surface area contributed by atoms with E-state index < -0.39 is 0 Å². The molecule has 1 aromatic carbocycles. The number of nitrogen functional groups attached to an aromatic ring is 1. The Morgan fingerprint density at radius 2 is 2.05 bits per heavy atom. The van der Waals surface area contributed by atoms with Gasteiger partial charge in [-0.15, -0.1) is 0 Å². The number of rotatable bonds is 2. The third kappa shape index (κ3) is 2.86. The smallest absolute Gasteiger partial charge is 0.258 e. The molecule has 1 aromatic heterocycles. The van der Waals surface area contributed by atoms with Crippen molar-refractivity contribution >= 4 is 22.3 Å². The summed E-state index contributed by atoms with van der Waals surface area (Å²) in [6.07, 6.45) is 6.15. The van der Waals surface area contributed by atoms with Crippen LogP contribution in [0.2, 0.25) is 0 Å². The first kappa shape index (κ1) is 13.9. The molecule has 1 saturated carbocycles. The molecular weight excluding hydrogens is 264 g/mol. The molecule has 3 rings (SSSR count). The van der Waals surface area contributed by atoms with E-state index in [0.29, 0.717) is 28.0 Å². The maximum absolute atomic E-state index is 11.7. The highest BCUT2D eigenvalue weighted by atomic mass is 16.1. The van der Waals surface area contributed by atoms with Gasteiger partial charge in [-0.3, -0.25) is 4.79 Å². The van der Waals surface area contributed by atoms with Crippen LogP contribution in [0.4, 0.5) is 11.4 Å². The molecule has 1 fully saturated rings. The van der Waals surface area contributed by atoms with Crippen LogP contribution in [0.3, 0.4) is 0 Å². The Labute approximate surface area is 124 Å². The lowest BCUT2D eigenvalue weighted by Crippen LogP contribution is -2.30. The second-order valence-electron chi connectivity index (χ2n) is 6.77. The number of anilines is 2. The highest BCUT2D eigenvalue weighted by molar-refractivity contribution is 5.88. The number of nitrogens with zero attached hydrogens (tertiary/aromatic N) is 1. The number of aromatic amines is 1. The van der Waals surface area contributed by atoms with Gasteiger partial charge in [0.1, 0.15) is 0 Å². The molecule has 0 spiro atoms. The van der Waals surface area contributed by atoms with E-state index in [1.165, 1.54) is 19.2 Å². The molecule has 0 aliphatic heterocycles. The summed E-state index contributed by atoms with van der Waals surface area (Å²) in [5.41, 5.74) is 8.53. The molecule has 21 heavy (non-hydrogen) atoms. The van der Waals surface area contributed by atoms with Crippen LogP contribution in [0, 0.1) is 5.41 Å². The number of H-pyrrole nitrogens is 1. The van der Waals surface area contributed by atoms with Crippen molar-refractivity contribution in [3.8, 4) is 0 Å². The largest absolute Gasteiger partial charge is 0.397 e. The van der Waals surface area contributed by atoms with Crippen LogP contribution in [-0.4, -0.2) is 16.0 Å². The zero-order chi connectivity index (χ0) is 15.0. The van der Waals surface area contributed by atoms with Crippen molar-refractivity contribution in [2.75, 3.05) is 11.1 Å². The summed E-state index contributed by atoms with van der Waals surface area (Å²) in [5.74, 6) is 0. The van der Waals surface area contributed by atoms with Crippen LogP contribution < -0.4 is 16.6 Å². The molecule has 0 unspecified atom stereocenters. The number of fused-ring (bicyclic) bond motifs is 1. The quantitative estimate of drug-likeness (QED) is 0.741. The van der Waals surface area contributed by atoms with Crippen LogP contribution in [0.1, 0.15) is 39.5 Å². The van der Waals surface area contributed by atoms with Crippen molar-refractivity contribution in [3.63, 3.8) is 0 Å². The molecule has 0 radical (unpaired) electrons. The Morgan fingerprint density at radius 1 is 1.33 bits per heavy atom. The number of aromatic nitrogens is 2. The van der Waals surface area contributed by atoms with Gasteiger partial charge in [0.15, 0.2) is 0 Å². The first-order valence-corrected chi connectivity index (χ1v) is 7.48. The number of hydrogen-bond donors (Lipinski definition) is 3. The molecule has 1 aliphatic rings. The Kier molecular flexibility index (Phi) is 3.35. The fourth-order valence-electron chi connectivity index (χ4n) is 3.02. The van der Waals surface area contributed by atoms with Crippen LogP contribution in [-0.2, 0) is 0 Å². The minimum Gasteiger partial charge on any atom is -0.397 e. The van der Waals surface area contributed by atoms with Gasteiger partial charge in [-0.05, 0) is 43.2 Å². The van der Waals surface area contributed by atoms with Crippen LogP contribution in [0.5, 0.6) is 0 Å². The van der Waals surface area contributed by atoms with E-state index in [9.17, 15) is 4.79 Å². The van der Waals surface area contributed by atoms with Crippen molar-refractivity contribution in [3.05, 3.63) is 28.8 Å². The minimum atomic E-state index is -0.155. The number of benzene rings is 1. The van der Waals surface area contributed by atoms with Crippen LogP contribution in [0.25, 0.3) is 10.9 Å². The maximum atomic E-state index is 11.7. The van der Waals surface area contributed by atoms with E-state index >= 15 is 0 Å². The second kappa shape index (κ2) is 5.06. The van der Waals surface area contributed by atoms with E-state index in [1.54, 1.807) is 6.07 Å². The molecule has 0 bridgehead atoms. The predicted molar refractivity (Wildman–Crippen MR) is 86.4 cm³/mol. The van der Waals surface area contributed by atoms with E-state index in [2.05, 4.69) is 29.1 Å². The van der Waals surface area contributed by atoms with Crippen LogP contribution >= 0.6 is 0 Å². The zero-order valence-corrected chi connectivity index (χ0v) is 12.6. The standard InChI is InChI=1S/C16H22N4O/c1-16(2)5-3-10(4-6-16)20-14-8-13-11(7-12(14)17)15(21)19-9-18-13/h7-10,20H,3-6,17H2,1-2H3,(H,18,19,21). The van der Waals surface area contributed by atoms with Gasteiger partial charge < -0.3 is 16.0 Å². The molecule has 0 saturated heterocycles. The second-order valence-corrected chi connectivity index (χ2v) is 6.77. The van der Waals surface area contributed by atoms with Gasteiger partial charge in [-0.25, -0.2) is 4.98 Å². The van der Waals surface area contributed by atoms with E-state index in [1.807, 2.05) is 6.07 Å². The van der Waals surface area contributed by atoms with Gasteiger partial charge in [0.25, 0.3) is 5.56 Å². The molecule has 5 heteroatoms. The van der Waals surface area contributed by atoms with Gasteiger partial charge in [0.05, 0.1) is 28.6 Å². The molecule has 2 aromatic rings. The molecule has 1 heterocycles. The van der Waals surface area contributed by atoms with Crippen molar-refractivity contribution in [2.24, 2.45) is 5.41 Å². The Hall–Kier alpha value is -2.04. The summed E-state index contributed by atoms with van der Waals surface area (Å²) in [6, 6.07) is 4.02. The van der Waals surface area contributed by atoms with Gasteiger partial charge in [0, 0.05) is 6.04 Å². The lowest BCUT2D eigenvalue weighted by Gasteiger charge is -2.35. The predicted octanol–water partition coefficient (Wildman–Crippen LogP) is 2.89. The molecule has 5 nitrogen and oxygen atoms in total. The van der Waals surface area contributed by atoms with Crippen molar-refractivity contribution in [1.82, 2.24) is 9.97 Å². The van der Waals surface area contributed by atoms with Crippen molar-refractivity contribution < 1.29 is 0 Å². The van der Waals surface area contributed by atoms with Crippen molar-refractivity contribution in [2.45, 2.75) is 45.6 Å². The first-order chi connectivity index (χ1) is 9.94. The molecule has 1 aliphatic carbocycles. The van der Waals surface area contributed by atoms with Gasteiger partial charge in [-0.2, -0.15) is 0 Å². The normalized spacial score (nSPS) is 18.8. The third-order valence-electron chi connectivity index (χ3n) is 4.51. The summed E-state index contributed by atoms with van der Waals surface area (Å²) < 4.78 is 0. The topological polar surface area (TPSA) is 83.8 Å². The first-order valence-electron chi connectivity index (χ1n) is 7.48. The Bertz CT molecular complexity index is 710. The fourth-order valence-corrected chi connectivity index (χ4v) is 3.02. The maximum Gasteiger partial charge on any atom is 0.258 e. The number of hydrogen-bond acceptors (Lipinski definition) is 4. The summed E-state index contributed by atoms with van der Waals surface area (Å²) in [5, 5.41) is 4.05. The third-order valence-corrected chi connectivity index (χ3v) is 4.51. The summed E-state index contributed by atoms with van der Waals surface area (Å²) in [6.45, 7) is 4.65. The Morgan fingerprint density at radius 3 is 2.76 bits per heavy atom. The monoisotopic (exact) mass is 286 g/mol. The van der Waals surface area contributed by atoms with E-state index in [4.69, 9.17) is 5.73 Å². The number of nitrogens with one attached hydrogen (secondary N) is 2. The lowest BCUT2D eigenvalue weighted by molar-refractivity contribution is 0.232. The minimum absolute atomic E-state index is 0.155. The summed E-state index contributed by atoms with van der Waals surface area (Å²) >= 11 is 0. The van der Waals surface area contributed by atoms with Gasteiger partial charge >= 0.3 is 0 Å². The summed E-state index contributed by atoms with van der Waals surface area (Å²) in [7, 11) is 0. The average Bonchev–Trinajstić information content (AvgIpc) is 2.43. The van der Waals surface area contributed by atoms with E-state index in [-0.39, 0.29) is 5.56 Å². The summed E-state index contributed by atoms with van der Waals surface area (Å²) in [4.78, 5) is 18.5. The average molecular weight is 286 g/mol. The highest BCUT2D eigenvalue weighted by Crippen LogP contribution is 2.36. The molecule has 112 valence electrons.